The van der Waals surface area contributed by atoms with Gasteiger partial charge in [-0.05, 0) is 11.8 Å². The molecule has 1 aromatic carbocycles. The van der Waals surface area contributed by atoms with E-state index < -0.39 is 6.10 Å². The van der Waals surface area contributed by atoms with Crippen LogP contribution in [0.3, 0.4) is 0 Å². The van der Waals surface area contributed by atoms with Gasteiger partial charge in [0.2, 0.25) is 0 Å². The van der Waals surface area contributed by atoms with Crippen LogP contribution in [0.1, 0.15) is 18.6 Å². The molecule has 19 heavy (non-hydrogen) atoms. The molecule has 2 aromatic rings. The molecule has 0 aliphatic heterocycles. The van der Waals surface area contributed by atoms with Crippen LogP contribution in [0.25, 0.3) is 0 Å². The number of halogens is 1. The van der Waals surface area contributed by atoms with Gasteiger partial charge in [0, 0.05) is 11.3 Å². The maximum Gasteiger partial charge on any atom is 0.175 e. The summed E-state index contributed by atoms with van der Waals surface area (Å²) in [6.45, 7) is 2.06. The standard InChI is InChI=1S/C12H13FN2OS3/c1-2-17-11-14-15-12(19-11)18-7-10(16)8-5-3-4-6-9(8)13/h3-6,10,16H,2,7H2,1H3. The van der Waals surface area contributed by atoms with Crippen molar-refractivity contribution in [3.05, 3.63) is 35.6 Å². The van der Waals surface area contributed by atoms with Gasteiger partial charge in [0.05, 0.1) is 6.10 Å². The Hall–Kier alpha value is -0.630. The van der Waals surface area contributed by atoms with Gasteiger partial charge in [-0.25, -0.2) is 4.39 Å². The largest absolute Gasteiger partial charge is 0.387 e. The summed E-state index contributed by atoms with van der Waals surface area (Å²) >= 11 is 4.53. The number of benzene rings is 1. The minimum Gasteiger partial charge on any atom is -0.387 e. The molecule has 1 heterocycles. The summed E-state index contributed by atoms with van der Waals surface area (Å²) in [5.74, 6) is 0.943. The molecular formula is C12H13FN2OS3. The summed E-state index contributed by atoms with van der Waals surface area (Å²) in [6.07, 6.45) is -0.836. The van der Waals surface area contributed by atoms with Gasteiger partial charge in [-0.3, -0.25) is 0 Å². The molecule has 3 nitrogen and oxygen atoms in total. The molecule has 0 saturated heterocycles. The zero-order valence-corrected chi connectivity index (χ0v) is 12.7. The minimum atomic E-state index is -0.836. The number of aliphatic hydroxyl groups is 1. The van der Waals surface area contributed by atoms with Crippen LogP contribution in [0.4, 0.5) is 4.39 Å². The fourth-order valence-corrected chi connectivity index (χ4v) is 4.32. The molecule has 1 N–H and O–H groups in total. The average molecular weight is 316 g/mol. The number of aromatic nitrogens is 2. The van der Waals surface area contributed by atoms with Crippen molar-refractivity contribution in [1.29, 1.82) is 0 Å². The molecule has 0 spiro atoms. The topological polar surface area (TPSA) is 46.0 Å². The summed E-state index contributed by atoms with van der Waals surface area (Å²) in [4.78, 5) is 0. The van der Waals surface area contributed by atoms with Crippen molar-refractivity contribution in [2.24, 2.45) is 0 Å². The first-order valence-electron chi connectivity index (χ1n) is 5.72. The van der Waals surface area contributed by atoms with Crippen molar-refractivity contribution < 1.29 is 9.50 Å². The lowest BCUT2D eigenvalue weighted by Gasteiger charge is -2.09. The van der Waals surface area contributed by atoms with E-state index in [4.69, 9.17) is 0 Å². The zero-order chi connectivity index (χ0) is 13.7. The Morgan fingerprint density at radius 1 is 1.26 bits per heavy atom. The minimum absolute atomic E-state index is 0.322. The van der Waals surface area contributed by atoms with Crippen LogP contribution in [0.15, 0.2) is 32.9 Å². The van der Waals surface area contributed by atoms with E-state index in [9.17, 15) is 9.50 Å². The molecule has 0 amide bonds. The van der Waals surface area contributed by atoms with Gasteiger partial charge < -0.3 is 5.11 Å². The van der Waals surface area contributed by atoms with Crippen molar-refractivity contribution in [3.8, 4) is 0 Å². The smallest absolute Gasteiger partial charge is 0.175 e. The summed E-state index contributed by atoms with van der Waals surface area (Å²) < 4.78 is 15.2. The highest BCUT2D eigenvalue weighted by Crippen LogP contribution is 2.31. The van der Waals surface area contributed by atoms with Gasteiger partial charge >= 0.3 is 0 Å². The number of nitrogens with zero attached hydrogens (tertiary/aromatic N) is 2. The highest BCUT2D eigenvalue weighted by atomic mass is 32.2. The Bertz CT molecular complexity index is 535. The van der Waals surface area contributed by atoms with Crippen LogP contribution in [0, 0.1) is 5.82 Å². The molecule has 1 atom stereocenters. The second-order valence-electron chi connectivity index (χ2n) is 3.62. The first-order valence-corrected chi connectivity index (χ1v) is 8.51. The first kappa shape index (κ1) is 14.8. The number of aliphatic hydroxyl groups excluding tert-OH is 1. The van der Waals surface area contributed by atoms with Crippen molar-refractivity contribution in [2.45, 2.75) is 21.7 Å². The van der Waals surface area contributed by atoms with Crippen LogP contribution in [0.5, 0.6) is 0 Å². The van der Waals surface area contributed by atoms with E-state index in [1.54, 1.807) is 30.0 Å². The van der Waals surface area contributed by atoms with E-state index in [0.29, 0.717) is 11.3 Å². The predicted molar refractivity (Wildman–Crippen MR) is 78.4 cm³/mol. The molecule has 0 saturated carbocycles. The van der Waals surface area contributed by atoms with Gasteiger partial charge in [-0.2, -0.15) is 0 Å². The zero-order valence-electron chi connectivity index (χ0n) is 10.2. The fourth-order valence-electron chi connectivity index (χ4n) is 1.42. The van der Waals surface area contributed by atoms with Gasteiger partial charge in [-0.15, -0.1) is 10.2 Å². The first-order chi connectivity index (χ1) is 9.20. The summed E-state index contributed by atoms with van der Waals surface area (Å²) in [7, 11) is 0. The third-order valence-electron chi connectivity index (χ3n) is 2.28. The molecule has 2 rings (SSSR count). The molecule has 0 aliphatic carbocycles. The Morgan fingerprint density at radius 2 is 1.95 bits per heavy atom. The van der Waals surface area contributed by atoms with E-state index >= 15 is 0 Å². The lowest BCUT2D eigenvalue weighted by atomic mass is 10.1. The van der Waals surface area contributed by atoms with E-state index in [1.165, 1.54) is 29.2 Å². The monoisotopic (exact) mass is 316 g/mol. The lowest BCUT2D eigenvalue weighted by molar-refractivity contribution is 0.199. The number of hydrogen-bond acceptors (Lipinski definition) is 6. The summed E-state index contributed by atoms with van der Waals surface area (Å²) in [6, 6.07) is 6.27. The molecule has 0 fully saturated rings. The van der Waals surface area contributed by atoms with Crippen molar-refractivity contribution in [2.75, 3.05) is 11.5 Å². The van der Waals surface area contributed by atoms with E-state index in [1.807, 2.05) is 0 Å². The Morgan fingerprint density at radius 3 is 2.63 bits per heavy atom. The highest BCUT2D eigenvalue weighted by molar-refractivity contribution is 8.03. The molecule has 0 bridgehead atoms. The van der Waals surface area contributed by atoms with Gasteiger partial charge in [0.15, 0.2) is 8.68 Å². The molecular weight excluding hydrogens is 303 g/mol. The van der Waals surface area contributed by atoms with E-state index in [2.05, 4.69) is 17.1 Å². The van der Waals surface area contributed by atoms with Crippen LogP contribution in [-0.4, -0.2) is 26.8 Å². The Labute approximate surface area is 123 Å². The highest BCUT2D eigenvalue weighted by Gasteiger charge is 2.14. The Kier molecular flexibility index (Phi) is 5.62. The van der Waals surface area contributed by atoms with E-state index in [0.717, 1.165) is 14.4 Å². The maximum absolute atomic E-state index is 13.5. The number of hydrogen-bond donors (Lipinski definition) is 1. The van der Waals surface area contributed by atoms with Crippen LogP contribution in [-0.2, 0) is 0 Å². The quantitative estimate of drug-likeness (QED) is 0.825. The Balaban J connectivity index is 1.92. The van der Waals surface area contributed by atoms with Crippen molar-refractivity contribution in [1.82, 2.24) is 10.2 Å². The van der Waals surface area contributed by atoms with Gasteiger partial charge in [0.25, 0.3) is 0 Å². The van der Waals surface area contributed by atoms with Crippen LogP contribution >= 0.6 is 34.9 Å². The predicted octanol–water partition coefficient (Wildman–Crippen LogP) is 3.61. The second-order valence-corrected chi connectivity index (χ2v) is 7.37. The molecule has 1 unspecified atom stereocenters. The molecule has 102 valence electrons. The van der Waals surface area contributed by atoms with Crippen LogP contribution < -0.4 is 0 Å². The average Bonchev–Trinajstić information content (AvgIpc) is 2.85. The molecule has 7 heteroatoms. The molecule has 1 aromatic heterocycles. The molecule has 0 aliphatic rings. The number of rotatable bonds is 6. The van der Waals surface area contributed by atoms with Crippen molar-refractivity contribution in [3.63, 3.8) is 0 Å². The second kappa shape index (κ2) is 7.23. The third-order valence-corrected chi connectivity index (χ3v) is 5.43. The fraction of sp³-hybridized carbons (Fsp3) is 0.333. The van der Waals surface area contributed by atoms with E-state index in [-0.39, 0.29) is 5.82 Å². The van der Waals surface area contributed by atoms with Crippen molar-refractivity contribution >= 4 is 34.9 Å². The summed E-state index contributed by atoms with van der Waals surface area (Å²) in [5, 5.41) is 18.0. The third kappa shape index (κ3) is 4.17. The maximum atomic E-state index is 13.5. The van der Waals surface area contributed by atoms with Gasteiger partial charge in [0.1, 0.15) is 5.82 Å². The SMILES string of the molecule is CCSc1nnc(SCC(O)c2ccccc2F)s1. The normalized spacial score (nSPS) is 12.6. The number of thioether (sulfide) groups is 2. The lowest BCUT2D eigenvalue weighted by Crippen LogP contribution is -2.03. The van der Waals surface area contributed by atoms with Gasteiger partial charge in [-0.1, -0.05) is 60.0 Å². The van der Waals surface area contributed by atoms with Crippen LogP contribution in [0.2, 0.25) is 0 Å². The summed E-state index contributed by atoms with van der Waals surface area (Å²) in [5.41, 5.74) is 0.322. The molecule has 0 radical (unpaired) electrons.